The number of nitrogens with zero attached hydrogens (tertiary/aromatic N) is 2. The zero-order valence-electron chi connectivity index (χ0n) is 14.0. The number of rotatable bonds is 9. The quantitative estimate of drug-likeness (QED) is 0.752. The summed E-state index contributed by atoms with van der Waals surface area (Å²) in [7, 11) is 0. The molecule has 0 bridgehead atoms. The van der Waals surface area contributed by atoms with Gasteiger partial charge in [0.15, 0.2) is 0 Å². The lowest BCUT2D eigenvalue weighted by molar-refractivity contribution is 0.0945. The summed E-state index contributed by atoms with van der Waals surface area (Å²) in [6.45, 7) is 9.84. The van der Waals surface area contributed by atoms with Crippen LogP contribution in [0.3, 0.4) is 0 Å². The molecule has 1 aromatic carbocycles. The molecule has 0 saturated carbocycles. The largest absolute Gasteiger partial charge is 0.493 e. The fraction of sp³-hybridized carbons (Fsp3) is 0.529. The Hall–Kier alpha value is -1.77. The van der Waals surface area contributed by atoms with Crippen LogP contribution < -0.4 is 10.1 Å². The zero-order chi connectivity index (χ0) is 17.2. The molecule has 0 spiro atoms. The summed E-state index contributed by atoms with van der Waals surface area (Å²) < 4.78 is 5.59. The third-order valence-electron chi connectivity index (χ3n) is 3.50. The summed E-state index contributed by atoms with van der Waals surface area (Å²) >= 11 is 6.03. The van der Waals surface area contributed by atoms with E-state index in [1.165, 1.54) is 12.1 Å². The van der Waals surface area contributed by atoms with Crippen LogP contribution >= 0.6 is 11.6 Å². The van der Waals surface area contributed by atoms with Gasteiger partial charge in [-0.3, -0.25) is 4.79 Å². The number of nitrogens with one attached hydrogen (secondary N) is 1. The lowest BCUT2D eigenvalue weighted by Crippen LogP contribution is -2.35. The first-order valence-electron chi connectivity index (χ1n) is 7.94. The van der Waals surface area contributed by atoms with Gasteiger partial charge in [0.25, 0.3) is 5.91 Å². The Kier molecular flexibility index (Phi) is 8.46. The minimum Gasteiger partial charge on any atom is -0.493 e. The van der Waals surface area contributed by atoms with Gasteiger partial charge in [-0.25, -0.2) is 0 Å². The molecule has 0 aliphatic rings. The number of likely N-dealkylation sites (N-methyl/N-ethyl adjacent to an activating group) is 1. The van der Waals surface area contributed by atoms with Crippen molar-refractivity contribution in [2.75, 3.05) is 32.8 Å². The molecule has 0 fully saturated rings. The Morgan fingerprint density at radius 3 is 2.61 bits per heavy atom. The van der Waals surface area contributed by atoms with Crippen molar-refractivity contribution in [2.24, 2.45) is 0 Å². The van der Waals surface area contributed by atoms with Gasteiger partial charge in [-0.05, 0) is 25.6 Å². The molecule has 0 aliphatic heterocycles. The van der Waals surface area contributed by atoms with Crippen LogP contribution in [0.15, 0.2) is 12.1 Å². The van der Waals surface area contributed by atoms with Gasteiger partial charge in [0, 0.05) is 19.2 Å². The summed E-state index contributed by atoms with van der Waals surface area (Å²) in [5, 5.41) is 12.3. The van der Waals surface area contributed by atoms with E-state index < -0.39 is 0 Å². The van der Waals surface area contributed by atoms with Gasteiger partial charge in [0.1, 0.15) is 11.8 Å². The van der Waals surface area contributed by atoms with Gasteiger partial charge in [-0.2, -0.15) is 5.26 Å². The standard InChI is InChI=1S/C17H24ClN3O2/c1-4-9-23-16-11-15(18)13(12-19)10-14(16)17(22)20-7-8-21(5-2)6-3/h10-11H,4-9H2,1-3H3,(H,20,22). The molecule has 1 aromatic rings. The van der Waals surface area contributed by atoms with Crippen LogP contribution in [-0.2, 0) is 0 Å². The molecular weight excluding hydrogens is 314 g/mol. The number of halogens is 1. The second-order valence-corrected chi connectivity index (χ2v) is 5.48. The fourth-order valence-electron chi connectivity index (χ4n) is 2.11. The molecule has 1 N–H and O–H groups in total. The molecule has 0 radical (unpaired) electrons. The second kappa shape index (κ2) is 10.1. The molecule has 0 saturated heterocycles. The average Bonchev–Trinajstić information content (AvgIpc) is 2.56. The highest BCUT2D eigenvalue weighted by Crippen LogP contribution is 2.27. The van der Waals surface area contributed by atoms with Crippen LogP contribution in [0.25, 0.3) is 0 Å². The first-order chi connectivity index (χ1) is 11.1. The summed E-state index contributed by atoms with van der Waals surface area (Å²) in [6.07, 6.45) is 0.820. The average molecular weight is 338 g/mol. The molecule has 5 nitrogen and oxygen atoms in total. The Morgan fingerprint density at radius 1 is 1.35 bits per heavy atom. The third-order valence-corrected chi connectivity index (χ3v) is 3.82. The second-order valence-electron chi connectivity index (χ2n) is 5.07. The van der Waals surface area contributed by atoms with Gasteiger partial charge in [0.2, 0.25) is 0 Å². The molecular formula is C17H24ClN3O2. The first-order valence-corrected chi connectivity index (χ1v) is 8.32. The van der Waals surface area contributed by atoms with Gasteiger partial charge in [-0.15, -0.1) is 0 Å². The van der Waals surface area contributed by atoms with E-state index in [-0.39, 0.29) is 11.5 Å². The van der Waals surface area contributed by atoms with E-state index in [4.69, 9.17) is 21.6 Å². The minimum atomic E-state index is -0.253. The van der Waals surface area contributed by atoms with Crippen molar-refractivity contribution in [3.8, 4) is 11.8 Å². The third kappa shape index (κ3) is 5.74. The van der Waals surface area contributed by atoms with Crippen molar-refractivity contribution in [2.45, 2.75) is 27.2 Å². The molecule has 0 atom stereocenters. The van der Waals surface area contributed by atoms with Gasteiger partial charge in [0.05, 0.1) is 22.8 Å². The molecule has 126 valence electrons. The lowest BCUT2D eigenvalue weighted by atomic mass is 10.1. The van der Waals surface area contributed by atoms with Crippen molar-refractivity contribution in [3.63, 3.8) is 0 Å². The van der Waals surface area contributed by atoms with Crippen LogP contribution in [0.4, 0.5) is 0 Å². The molecule has 1 amide bonds. The van der Waals surface area contributed by atoms with E-state index in [1.54, 1.807) is 0 Å². The maximum absolute atomic E-state index is 12.4. The number of carbonyl (C=O) groups is 1. The number of hydrogen-bond acceptors (Lipinski definition) is 4. The Balaban J connectivity index is 2.86. The lowest BCUT2D eigenvalue weighted by Gasteiger charge is -2.18. The number of ether oxygens (including phenoxy) is 1. The van der Waals surface area contributed by atoms with Crippen molar-refractivity contribution in [3.05, 3.63) is 28.3 Å². The maximum atomic E-state index is 12.4. The van der Waals surface area contributed by atoms with Crippen LogP contribution in [0.1, 0.15) is 43.1 Å². The SMILES string of the molecule is CCCOc1cc(Cl)c(C#N)cc1C(=O)NCCN(CC)CC. The number of hydrogen-bond donors (Lipinski definition) is 1. The first kappa shape index (κ1) is 19.3. The van der Waals surface area contributed by atoms with Gasteiger partial charge >= 0.3 is 0 Å². The van der Waals surface area contributed by atoms with E-state index in [0.717, 1.165) is 26.1 Å². The Labute approximate surface area is 143 Å². The van der Waals surface area contributed by atoms with Gasteiger partial charge in [-0.1, -0.05) is 32.4 Å². The Morgan fingerprint density at radius 2 is 2.04 bits per heavy atom. The van der Waals surface area contributed by atoms with Crippen LogP contribution in [0, 0.1) is 11.3 Å². The molecule has 0 unspecified atom stereocenters. The van der Waals surface area contributed by atoms with Crippen LogP contribution in [-0.4, -0.2) is 43.6 Å². The predicted octanol–water partition coefficient (Wildman–Crippen LogP) is 3.07. The summed E-state index contributed by atoms with van der Waals surface area (Å²) in [4.78, 5) is 14.6. The van der Waals surface area contributed by atoms with E-state index in [1.807, 2.05) is 13.0 Å². The van der Waals surface area contributed by atoms with E-state index in [9.17, 15) is 4.79 Å². The monoisotopic (exact) mass is 337 g/mol. The van der Waals surface area contributed by atoms with Crippen LogP contribution in [0.2, 0.25) is 5.02 Å². The van der Waals surface area contributed by atoms with Crippen molar-refractivity contribution in [1.29, 1.82) is 5.26 Å². The molecule has 0 aromatic heterocycles. The molecule has 6 heteroatoms. The van der Waals surface area contributed by atoms with E-state index in [2.05, 4.69) is 24.1 Å². The number of benzene rings is 1. The maximum Gasteiger partial charge on any atom is 0.255 e. The topological polar surface area (TPSA) is 65.4 Å². The van der Waals surface area contributed by atoms with E-state index >= 15 is 0 Å². The number of nitriles is 1. The summed E-state index contributed by atoms with van der Waals surface area (Å²) in [5.74, 6) is 0.160. The zero-order valence-corrected chi connectivity index (χ0v) is 14.7. The number of amides is 1. The van der Waals surface area contributed by atoms with Crippen molar-refractivity contribution >= 4 is 17.5 Å². The number of carbonyl (C=O) groups excluding carboxylic acids is 1. The molecule has 23 heavy (non-hydrogen) atoms. The predicted molar refractivity (Wildman–Crippen MR) is 92.1 cm³/mol. The highest BCUT2D eigenvalue weighted by molar-refractivity contribution is 6.32. The molecule has 0 aliphatic carbocycles. The highest BCUT2D eigenvalue weighted by Gasteiger charge is 2.16. The molecule has 0 heterocycles. The van der Waals surface area contributed by atoms with E-state index in [0.29, 0.717) is 29.5 Å². The van der Waals surface area contributed by atoms with Crippen molar-refractivity contribution in [1.82, 2.24) is 10.2 Å². The van der Waals surface area contributed by atoms with Crippen molar-refractivity contribution < 1.29 is 9.53 Å². The fourth-order valence-corrected chi connectivity index (χ4v) is 2.31. The summed E-state index contributed by atoms with van der Waals surface area (Å²) in [5.41, 5.74) is 0.614. The Bertz CT molecular complexity index is 566. The summed E-state index contributed by atoms with van der Waals surface area (Å²) in [6, 6.07) is 5.01. The smallest absolute Gasteiger partial charge is 0.255 e. The molecule has 1 rings (SSSR count). The normalized spacial score (nSPS) is 10.4. The van der Waals surface area contributed by atoms with Gasteiger partial charge < -0.3 is 15.0 Å². The highest BCUT2D eigenvalue weighted by atomic mass is 35.5. The minimum absolute atomic E-state index is 0.253. The van der Waals surface area contributed by atoms with Crippen LogP contribution in [0.5, 0.6) is 5.75 Å².